The van der Waals surface area contributed by atoms with E-state index in [-0.39, 0.29) is 22.4 Å². The minimum atomic E-state index is -4.80. The Morgan fingerprint density at radius 2 is 1.90 bits per heavy atom. The average Bonchev–Trinajstić information content (AvgIpc) is 2.80. The maximum absolute atomic E-state index is 12.4. The van der Waals surface area contributed by atoms with Gasteiger partial charge < -0.3 is 4.74 Å². The first-order chi connectivity index (χ1) is 9.94. The molecule has 0 aliphatic carbocycles. The quantitative estimate of drug-likeness (QED) is 0.681. The van der Waals surface area contributed by atoms with Crippen molar-refractivity contribution in [3.8, 4) is 11.4 Å². The average molecular weight is 315 g/mol. The summed E-state index contributed by atoms with van der Waals surface area (Å²) in [6.07, 6.45) is -1.94. The van der Waals surface area contributed by atoms with Crippen LogP contribution in [-0.2, 0) is 0 Å². The summed E-state index contributed by atoms with van der Waals surface area (Å²) in [4.78, 5) is 7.75. The third-order valence-electron chi connectivity index (χ3n) is 2.60. The Hall–Kier alpha value is -2.35. The van der Waals surface area contributed by atoms with Gasteiger partial charge in [0.05, 0.1) is 11.6 Å². The van der Waals surface area contributed by atoms with Crippen LogP contribution in [0.1, 0.15) is 0 Å². The van der Waals surface area contributed by atoms with Crippen LogP contribution in [0, 0.1) is 0 Å². The molecule has 2 heterocycles. The number of nitrogens with zero attached hydrogens (tertiary/aromatic N) is 4. The molecule has 0 N–H and O–H groups in total. The van der Waals surface area contributed by atoms with E-state index in [1.165, 1.54) is 35.3 Å². The Balaban J connectivity index is 2.17. The highest BCUT2D eigenvalue weighted by atomic mass is 35.5. The molecule has 0 aliphatic heterocycles. The van der Waals surface area contributed by atoms with Crippen LogP contribution in [0.4, 0.5) is 13.2 Å². The third kappa shape index (κ3) is 2.75. The summed E-state index contributed by atoms with van der Waals surface area (Å²) >= 11 is 5.71. The fourth-order valence-corrected chi connectivity index (χ4v) is 1.94. The molecule has 0 spiro atoms. The van der Waals surface area contributed by atoms with Crippen LogP contribution in [0.15, 0.2) is 36.7 Å². The van der Waals surface area contributed by atoms with E-state index in [1.807, 2.05) is 0 Å². The predicted molar refractivity (Wildman–Crippen MR) is 68.4 cm³/mol. The molecule has 0 saturated carbocycles. The topological polar surface area (TPSA) is 52.8 Å². The molecular weight excluding hydrogens is 309 g/mol. The van der Waals surface area contributed by atoms with Crippen molar-refractivity contribution in [2.24, 2.45) is 0 Å². The third-order valence-corrected chi connectivity index (χ3v) is 2.78. The number of benzene rings is 1. The van der Waals surface area contributed by atoms with E-state index in [4.69, 9.17) is 11.6 Å². The van der Waals surface area contributed by atoms with Gasteiger partial charge in [-0.15, -0.1) is 13.2 Å². The van der Waals surface area contributed by atoms with Gasteiger partial charge in [-0.3, -0.25) is 0 Å². The molecule has 5 nitrogen and oxygen atoms in total. The van der Waals surface area contributed by atoms with Crippen molar-refractivity contribution in [1.82, 2.24) is 19.7 Å². The molecule has 1 aromatic carbocycles. The van der Waals surface area contributed by atoms with E-state index >= 15 is 0 Å². The molecule has 2 aromatic heterocycles. The van der Waals surface area contributed by atoms with E-state index in [9.17, 15) is 13.2 Å². The Morgan fingerprint density at radius 1 is 1.14 bits per heavy atom. The lowest BCUT2D eigenvalue weighted by atomic mass is 10.3. The van der Waals surface area contributed by atoms with Gasteiger partial charge in [-0.05, 0) is 23.7 Å². The van der Waals surface area contributed by atoms with Crippen LogP contribution in [0.3, 0.4) is 0 Å². The van der Waals surface area contributed by atoms with Gasteiger partial charge in [0.25, 0.3) is 0 Å². The Bertz CT molecular complexity index is 803. The number of fused-ring (bicyclic) bond motifs is 1. The summed E-state index contributed by atoms with van der Waals surface area (Å²) in [5.41, 5.74) is 0.382. The van der Waals surface area contributed by atoms with Crippen LogP contribution in [0.2, 0.25) is 5.28 Å². The van der Waals surface area contributed by atoms with Crippen molar-refractivity contribution in [3.63, 3.8) is 0 Å². The Labute approximate surface area is 120 Å². The molecule has 21 heavy (non-hydrogen) atoms. The second kappa shape index (κ2) is 4.88. The van der Waals surface area contributed by atoms with Gasteiger partial charge in [-0.1, -0.05) is 12.1 Å². The first kappa shape index (κ1) is 13.6. The molecule has 0 aliphatic rings. The van der Waals surface area contributed by atoms with Crippen molar-refractivity contribution in [3.05, 3.63) is 41.9 Å². The second-order valence-corrected chi connectivity index (χ2v) is 4.33. The predicted octanol–water partition coefficient (Wildman–Crippen LogP) is 3.37. The summed E-state index contributed by atoms with van der Waals surface area (Å²) in [7, 11) is 0. The molecule has 0 unspecified atom stereocenters. The highest BCUT2D eigenvalue weighted by Crippen LogP contribution is 2.30. The van der Waals surface area contributed by atoms with E-state index in [0.717, 1.165) is 0 Å². The summed E-state index contributed by atoms with van der Waals surface area (Å²) in [6.45, 7) is 0. The normalized spacial score (nSPS) is 11.8. The molecule has 3 rings (SSSR count). The van der Waals surface area contributed by atoms with E-state index in [0.29, 0.717) is 5.39 Å². The molecule has 108 valence electrons. The monoisotopic (exact) mass is 314 g/mol. The van der Waals surface area contributed by atoms with Gasteiger partial charge >= 0.3 is 6.36 Å². The number of para-hydroxylation sites is 2. The van der Waals surface area contributed by atoms with Crippen LogP contribution in [-0.4, -0.2) is 26.1 Å². The zero-order valence-electron chi connectivity index (χ0n) is 10.2. The standard InChI is InChI=1S/C12H6ClF3N4O/c13-11-17-5-7-6-18-20(10(7)19-11)8-3-1-2-4-9(8)21-12(14,15)16/h1-6H. The van der Waals surface area contributed by atoms with Crippen molar-refractivity contribution >= 4 is 22.6 Å². The summed E-state index contributed by atoms with van der Waals surface area (Å²) in [5.74, 6) is -0.385. The van der Waals surface area contributed by atoms with Crippen molar-refractivity contribution < 1.29 is 17.9 Å². The zero-order valence-corrected chi connectivity index (χ0v) is 10.9. The number of aromatic nitrogens is 4. The number of rotatable bonds is 2. The molecule has 3 aromatic rings. The van der Waals surface area contributed by atoms with Gasteiger partial charge in [0.2, 0.25) is 5.28 Å². The minimum Gasteiger partial charge on any atom is -0.403 e. The molecule has 0 saturated heterocycles. The van der Waals surface area contributed by atoms with Crippen molar-refractivity contribution in [2.45, 2.75) is 6.36 Å². The SMILES string of the molecule is FC(F)(F)Oc1ccccc1-n1ncc2cnc(Cl)nc21. The lowest BCUT2D eigenvalue weighted by Gasteiger charge is -2.13. The molecular formula is C12H6ClF3N4O. The number of hydrogen-bond donors (Lipinski definition) is 0. The first-order valence-electron chi connectivity index (χ1n) is 5.65. The lowest BCUT2D eigenvalue weighted by molar-refractivity contribution is -0.274. The van der Waals surface area contributed by atoms with Crippen LogP contribution < -0.4 is 4.74 Å². The van der Waals surface area contributed by atoms with Gasteiger partial charge in [0, 0.05) is 6.20 Å². The number of alkyl halides is 3. The van der Waals surface area contributed by atoms with Gasteiger partial charge in [0.1, 0.15) is 5.69 Å². The van der Waals surface area contributed by atoms with Gasteiger partial charge in [-0.25, -0.2) is 9.67 Å². The van der Waals surface area contributed by atoms with Gasteiger partial charge in [-0.2, -0.15) is 10.1 Å². The number of halogens is 4. The fourth-order valence-electron chi connectivity index (χ4n) is 1.82. The Morgan fingerprint density at radius 3 is 2.67 bits per heavy atom. The fraction of sp³-hybridized carbons (Fsp3) is 0.0833. The van der Waals surface area contributed by atoms with Gasteiger partial charge in [0.15, 0.2) is 11.4 Å². The lowest BCUT2D eigenvalue weighted by Crippen LogP contribution is -2.18. The van der Waals surface area contributed by atoms with Crippen LogP contribution in [0.25, 0.3) is 16.7 Å². The summed E-state index contributed by atoms with van der Waals surface area (Å²) in [6, 6.07) is 5.62. The van der Waals surface area contributed by atoms with Crippen molar-refractivity contribution in [2.75, 3.05) is 0 Å². The summed E-state index contributed by atoms with van der Waals surface area (Å²) in [5, 5.41) is 4.52. The maximum atomic E-state index is 12.4. The molecule has 0 bridgehead atoms. The Kier molecular flexibility index (Phi) is 3.17. The van der Waals surface area contributed by atoms with Crippen molar-refractivity contribution in [1.29, 1.82) is 0 Å². The highest BCUT2D eigenvalue weighted by Gasteiger charge is 2.32. The molecule has 9 heteroatoms. The maximum Gasteiger partial charge on any atom is 0.573 e. The zero-order chi connectivity index (χ0) is 15.0. The van der Waals surface area contributed by atoms with Crippen LogP contribution in [0.5, 0.6) is 5.75 Å². The minimum absolute atomic E-state index is 0.0292. The summed E-state index contributed by atoms with van der Waals surface area (Å²) < 4.78 is 42.5. The largest absolute Gasteiger partial charge is 0.573 e. The smallest absolute Gasteiger partial charge is 0.403 e. The molecule has 0 fully saturated rings. The molecule has 0 atom stereocenters. The van der Waals surface area contributed by atoms with Crippen LogP contribution >= 0.6 is 11.6 Å². The highest BCUT2D eigenvalue weighted by molar-refractivity contribution is 6.28. The van der Waals surface area contributed by atoms with E-state index in [2.05, 4.69) is 19.8 Å². The van der Waals surface area contributed by atoms with E-state index in [1.54, 1.807) is 6.07 Å². The first-order valence-corrected chi connectivity index (χ1v) is 6.03. The molecule has 0 amide bonds. The number of ether oxygens (including phenoxy) is 1. The number of hydrogen-bond acceptors (Lipinski definition) is 4. The second-order valence-electron chi connectivity index (χ2n) is 3.99. The molecule has 0 radical (unpaired) electrons. The van der Waals surface area contributed by atoms with E-state index < -0.39 is 6.36 Å².